The maximum atomic E-state index is 12.7. The van der Waals surface area contributed by atoms with Crippen LogP contribution in [-0.2, 0) is 10.9 Å². The molecule has 0 aliphatic heterocycles. The summed E-state index contributed by atoms with van der Waals surface area (Å²) in [4.78, 5) is 16.0. The summed E-state index contributed by atoms with van der Waals surface area (Å²) in [6.07, 6.45) is -3.12. The van der Waals surface area contributed by atoms with E-state index in [0.717, 1.165) is 6.07 Å². The molecule has 0 saturated carbocycles. The van der Waals surface area contributed by atoms with Crippen LogP contribution in [0.2, 0.25) is 0 Å². The van der Waals surface area contributed by atoms with Gasteiger partial charge in [0.2, 0.25) is 0 Å². The highest BCUT2D eigenvalue weighted by atomic mass is 19.4. The molecule has 0 amide bonds. The molecule has 0 unspecified atom stereocenters. The van der Waals surface area contributed by atoms with Gasteiger partial charge in [-0.1, -0.05) is 6.07 Å². The van der Waals surface area contributed by atoms with Crippen LogP contribution in [0.4, 0.5) is 13.2 Å². The minimum atomic E-state index is -4.52. The van der Waals surface area contributed by atoms with E-state index in [-0.39, 0.29) is 18.0 Å². The highest BCUT2D eigenvalue weighted by molar-refractivity contribution is 5.91. The molecule has 0 radical (unpaired) electrons. The Hall–Kier alpha value is -3.36. The molecule has 0 bridgehead atoms. The molecule has 6 nitrogen and oxygen atoms in total. The summed E-state index contributed by atoms with van der Waals surface area (Å²) in [5, 5.41) is 5.60. The zero-order chi connectivity index (χ0) is 20.3. The quantitative estimate of drug-likeness (QED) is 0.634. The predicted octanol–water partition coefficient (Wildman–Crippen LogP) is 4.77. The lowest BCUT2D eigenvalue weighted by Gasteiger charge is -2.12. The smallest absolute Gasteiger partial charge is 0.432 e. The summed E-state index contributed by atoms with van der Waals surface area (Å²) >= 11 is 0. The maximum absolute atomic E-state index is 12.7. The Kier molecular flexibility index (Phi) is 5.34. The van der Waals surface area contributed by atoms with Gasteiger partial charge in [-0.25, -0.2) is 4.79 Å². The zero-order valence-corrected chi connectivity index (χ0v) is 15.0. The molecule has 28 heavy (non-hydrogen) atoms. The molecule has 2 aromatic heterocycles. The second-order valence-electron chi connectivity index (χ2n) is 5.79. The van der Waals surface area contributed by atoms with E-state index in [9.17, 15) is 18.0 Å². The number of H-pyrrole nitrogens is 1. The van der Waals surface area contributed by atoms with Gasteiger partial charge in [0.25, 0.3) is 0 Å². The van der Waals surface area contributed by atoms with E-state index in [1.54, 1.807) is 38.1 Å². The zero-order valence-electron chi connectivity index (χ0n) is 15.0. The van der Waals surface area contributed by atoms with Gasteiger partial charge in [-0.05, 0) is 38.1 Å². The second kappa shape index (κ2) is 7.71. The monoisotopic (exact) mass is 391 g/mol. The number of pyridine rings is 1. The highest BCUT2D eigenvalue weighted by Gasteiger charge is 2.33. The Bertz CT molecular complexity index is 999. The minimum Gasteiger partial charge on any atom is -0.462 e. The van der Waals surface area contributed by atoms with Crippen molar-refractivity contribution in [3.05, 3.63) is 59.4 Å². The SMILES string of the molecule is CCOC(=O)c1cccc(Oc2ccnc(-c3cc(C(F)(F)F)[nH]n3)c2)c1C. The Labute approximate surface area is 158 Å². The summed E-state index contributed by atoms with van der Waals surface area (Å²) in [6, 6.07) is 8.85. The number of hydrogen-bond acceptors (Lipinski definition) is 5. The van der Waals surface area contributed by atoms with Crippen molar-refractivity contribution < 1.29 is 27.4 Å². The van der Waals surface area contributed by atoms with Crippen LogP contribution >= 0.6 is 0 Å². The molecule has 2 heterocycles. The number of aromatic nitrogens is 3. The Morgan fingerprint density at radius 3 is 2.64 bits per heavy atom. The summed E-state index contributed by atoms with van der Waals surface area (Å²) in [5.41, 5.74) is 0.237. The molecule has 3 aromatic rings. The third-order valence-electron chi connectivity index (χ3n) is 3.88. The first-order chi connectivity index (χ1) is 13.3. The molecule has 1 aromatic carbocycles. The van der Waals surface area contributed by atoms with Gasteiger partial charge >= 0.3 is 12.1 Å². The van der Waals surface area contributed by atoms with Crippen molar-refractivity contribution in [2.45, 2.75) is 20.0 Å². The fourth-order valence-electron chi connectivity index (χ4n) is 2.49. The number of esters is 1. The number of nitrogens with one attached hydrogen (secondary N) is 1. The van der Waals surface area contributed by atoms with Crippen LogP contribution in [0.1, 0.15) is 28.5 Å². The minimum absolute atomic E-state index is 0.0368. The second-order valence-corrected chi connectivity index (χ2v) is 5.79. The van der Waals surface area contributed by atoms with E-state index >= 15 is 0 Å². The van der Waals surface area contributed by atoms with Crippen molar-refractivity contribution in [1.82, 2.24) is 15.2 Å². The van der Waals surface area contributed by atoms with Gasteiger partial charge in [0, 0.05) is 17.8 Å². The third-order valence-corrected chi connectivity index (χ3v) is 3.88. The van der Waals surface area contributed by atoms with Crippen molar-refractivity contribution in [3.63, 3.8) is 0 Å². The topological polar surface area (TPSA) is 77.1 Å². The molecular weight excluding hydrogens is 375 g/mol. The number of hydrogen-bond donors (Lipinski definition) is 1. The Morgan fingerprint density at radius 1 is 1.18 bits per heavy atom. The average Bonchev–Trinajstić information content (AvgIpc) is 3.14. The van der Waals surface area contributed by atoms with Crippen LogP contribution in [0.25, 0.3) is 11.4 Å². The van der Waals surface area contributed by atoms with Gasteiger partial charge in [-0.15, -0.1) is 0 Å². The van der Waals surface area contributed by atoms with E-state index in [2.05, 4.69) is 10.1 Å². The van der Waals surface area contributed by atoms with Crippen LogP contribution < -0.4 is 4.74 Å². The van der Waals surface area contributed by atoms with Crippen LogP contribution in [-0.4, -0.2) is 27.8 Å². The van der Waals surface area contributed by atoms with E-state index in [4.69, 9.17) is 9.47 Å². The van der Waals surface area contributed by atoms with Gasteiger partial charge in [-0.3, -0.25) is 10.1 Å². The maximum Gasteiger partial charge on any atom is 0.432 e. The largest absolute Gasteiger partial charge is 0.462 e. The molecule has 1 N–H and O–H groups in total. The molecule has 0 saturated heterocycles. The standard InChI is InChI=1S/C19H16F3N3O3/c1-3-27-18(26)13-5-4-6-16(11(13)2)28-12-7-8-23-14(9-12)15-10-17(25-24-15)19(20,21)22/h4-10H,3H2,1-2H3,(H,24,25). The predicted molar refractivity (Wildman–Crippen MR) is 94.0 cm³/mol. The third kappa shape index (κ3) is 4.13. The lowest BCUT2D eigenvalue weighted by molar-refractivity contribution is -0.141. The van der Waals surface area contributed by atoms with Gasteiger partial charge < -0.3 is 9.47 Å². The van der Waals surface area contributed by atoms with Crippen molar-refractivity contribution in [2.75, 3.05) is 6.61 Å². The van der Waals surface area contributed by atoms with E-state index in [1.807, 2.05) is 5.10 Å². The van der Waals surface area contributed by atoms with E-state index in [1.165, 1.54) is 12.3 Å². The highest BCUT2D eigenvalue weighted by Crippen LogP contribution is 2.32. The van der Waals surface area contributed by atoms with Gasteiger partial charge in [0.1, 0.15) is 22.9 Å². The lowest BCUT2D eigenvalue weighted by atomic mass is 10.1. The number of rotatable bonds is 5. The van der Waals surface area contributed by atoms with Gasteiger partial charge in [-0.2, -0.15) is 18.3 Å². The molecule has 0 aliphatic rings. The Morgan fingerprint density at radius 2 is 1.96 bits per heavy atom. The normalized spacial score (nSPS) is 11.3. The molecule has 3 rings (SSSR count). The molecule has 0 fully saturated rings. The molecule has 146 valence electrons. The van der Waals surface area contributed by atoms with Crippen LogP contribution in [0.5, 0.6) is 11.5 Å². The molecule has 0 atom stereocenters. The molecule has 0 aliphatic carbocycles. The lowest BCUT2D eigenvalue weighted by Crippen LogP contribution is -2.07. The van der Waals surface area contributed by atoms with E-state index < -0.39 is 17.8 Å². The fraction of sp³-hybridized carbons (Fsp3) is 0.211. The van der Waals surface area contributed by atoms with E-state index in [0.29, 0.717) is 22.6 Å². The first-order valence-electron chi connectivity index (χ1n) is 8.33. The van der Waals surface area contributed by atoms with Gasteiger partial charge in [0.05, 0.1) is 17.9 Å². The summed E-state index contributed by atoms with van der Waals surface area (Å²) in [7, 11) is 0. The van der Waals surface area contributed by atoms with Crippen molar-refractivity contribution >= 4 is 5.97 Å². The number of nitrogens with zero attached hydrogens (tertiary/aromatic N) is 2. The van der Waals surface area contributed by atoms with Crippen molar-refractivity contribution in [3.8, 4) is 22.9 Å². The van der Waals surface area contributed by atoms with Crippen molar-refractivity contribution in [2.24, 2.45) is 0 Å². The van der Waals surface area contributed by atoms with Crippen molar-refractivity contribution in [1.29, 1.82) is 0 Å². The summed E-state index contributed by atoms with van der Waals surface area (Å²) < 4.78 is 49.0. The number of carbonyl (C=O) groups excluding carboxylic acids is 1. The Balaban J connectivity index is 1.87. The fourth-order valence-corrected chi connectivity index (χ4v) is 2.49. The molecule has 9 heteroatoms. The van der Waals surface area contributed by atoms with Crippen LogP contribution in [0.3, 0.4) is 0 Å². The number of aromatic amines is 1. The van der Waals surface area contributed by atoms with Gasteiger partial charge in [0.15, 0.2) is 0 Å². The average molecular weight is 391 g/mol. The van der Waals surface area contributed by atoms with Crippen LogP contribution in [0, 0.1) is 6.92 Å². The number of ether oxygens (including phenoxy) is 2. The molecule has 0 spiro atoms. The summed E-state index contributed by atoms with van der Waals surface area (Å²) in [5.74, 6) is 0.295. The molecular formula is C19H16F3N3O3. The number of carbonyl (C=O) groups is 1. The first kappa shape index (κ1) is 19.4. The summed E-state index contributed by atoms with van der Waals surface area (Å²) in [6.45, 7) is 3.68. The van der Waals surface area contributed by atoms with Crippen LogP contribution in [0.15, 0.2) is 42.6 Å². The number of alkyl halides is 3. The first-order valence-corrected chi connectivity index (χ1v) is 8.33. The number of benzene rings is 1. The number of halogens is 3.